The van der Waals surface area contributed by atoms with Gasteiger partial charge in [-0.3, -0.25) is 9.55 Å². The van der Waals surface area contributed by atoms with E-state index in [9.17, 15) is 4.57 Å². The Bertz CT molecular complexity index is 603. The van der Waals surface area contributed by atoms with Gasteiger partial charge in [-0.25, -0.2) is 4.99 Å². The van der Waals surface area contributed by atoms with Gasteiger partial charge in [-0.15, -0.1) is 0 Å². The Kier molecular flexibility index (Phi) is 4.38. The molecule has 2 rings (SSSR count). The number of amidine groups is 1. The first-order chi connectivity index (χ1) is 9.51. The quantitative estimate of drug-likeness (QED) is 0.800. The molecule has 0 atom stereocenters. The van der Waals surface area contributed by atoms with Gasteiger partial charge in [0.05, 0.1) is 5.69 Å². The Balaban J connectivity index is 2.58. The first-order valence-electron chi connectivity index (χ1n) is 6.14. The van der Waals surface area contributed by atoms with E-state index in [1.54, 1.807) is 12.3 Å². The van der Waals surface area contributed by atoms with Crippen LogP contribution in [0.25, 0.3) is 0 Å². The van der Waals surface area contributed by atoms with Crippen LogP contribution in [-0.2, 0) is 20.0 Å². The molecular formula is C13H18N3O3P. The number of hydrogen-bond acceptors (Lipinski definition) is 6. The van der Waals surface area contributed by atoms with Gasteiger partial charge >= 0.3 is 7.60 Å². The molecule has 0 unspecified atom stereocenters. The third-order valence-electron chi connectivity index (χ3n) is 3.01. The van der Waals surface area contributed by atoms with Gasteiger partial charge in [-0.2, -0.15) is 0 Å². The van der Waals surface area contributed by atoms with Crippen molar-refractivity contribution >= 4 is 13.4 Å². The Morgan fingerprint density at radius 1 is 1.30 bits per heavy atom. The van der Waals surface area contributed by atoms with Crippen LogP contribution in [0.4, 0.5) is 0 Å². The fraction of sp³-hybridized carbons (Fsp3) is 0.385. The lowest BCUT2D eigenvalue weighted by molar-refractivity contribution is 0.282. The Morgan fingerprint density at radius 3 is 2.60 bits per heavy atom. The average Bonchev–Trinajstić information content (AvgIpc) is 2.66. The predicted molar refractivity (Wildman–Crippen MR) is 77.9 cm³/mol. The zero-order valence-electron chi connectivity index (χ0n) is 12.0. The largest absolute Gasteiger partial charge is 0.378 e. The van der Waals surface area contributed by atoms with Gasteiger partial charge < -0.3 is 13.9 Å². The molecule has 1 aliphatic rings. The maximum atomic E-state index is 12.5. The molecule has 0 amide bonds. The highest BCUT2D eigenvalue weighted by atomic mass is 31.2. The molecule has 20 heavy (non-hydrogen) atoms. The molecular weight excluding hydrogens is 277 g/mol. The molecule has 108 valence electrons. The summed E-state index contributed by atoms with van der Waals surface area (Å²) in [6.07, 6.45) is 4.01. The Labute approximate surface area is 118 Å². The summed E-state index contributed by atoms with van der Waals surface area (Å²) in [7, 11) is 3.09. The molecule has 2 heterocycles. The Hall–Kier alpha value is -1.49. The summed E-state index contributed by atoms with van der Waals surface area (Å²) in [6, 6.07) is 3.80. The van der Waals surface area contributed by atoms with E-state index in [2.05, 4.69) is 9.98 Å². The second kappa shape index (κ2) is 5.87. The normalized spacial score (nSPS) is 15.0. The van der Waals surface area contributed by atoms with Crippen molar-refractivity contribution < 1.29 is 13.6 Å². The van der Waals surface area contributed by atoms with Gasteiger partial charge in [0.2, 0.25) is 0 Å². The fourth-order valence-electron chi connectivity index (χ4n) is 1.98. The highest BCUT2D eigenvalue weighted by Gasteiger charge is 2.30. The highest BCUT2D eigenvalue weighted by Crippen LogP contribution is 2.55. The molecule has 0 N–H and O–H groups in total. The molecule has 0 radical (unpaired) electrons. The third-order valence-corrected chi connectivity index (χ3v) is 4.82. The fourth-order valence-corrected chi connectivity index (χ4v) is 3.04. The molecule has 1 aliphatic heterocycles. The first kappa shape index (κ1) is 14.9. The number of aromatic nitrogens is 1. The lowest BCUT2D eigenvalue weighted by Gasteiger charge is -2.18. The second-order valence-corrected chi connectivity index (χ2v) is 6.64. The average molecular weight is 295 g/mol. The van der Waals surface area contributed by atoms with Crippen molar-refractivity contribution in [1.82, 2.24) is 9.88 Å². The summed E-state index contributed by atoms with van der Waals surface area (Å²) >= 11 is 0. The van der Waals surface area contributed by atoms with E-state index in [0.29, 0.717) is 17.7 Å². The molecule has 0 saturated carbocycles. The van der Waals surface area contributed by atoms with Crippen molar-refractivity contribution in [2.45, 2.75) is 6.42 Å². The number of fused-ring (bicyclic) bond motifs is 1. The monoisotopic (exact) mass is 295 g/mol. The van der Waals surface area contributed by atoms with Gasteiger partial charge in [-0.1, -0.05) is 0 Å². The summed E-state index contributed by atoms with van der Waals surface area (Å²) in [5.41, 5.74) is 2.11. The molecule has 7 heteroatoms. The van der Waals surface area contributed by atoms with Gasteiger partial charge in [-0.05, 0) is 18.2 Å². The number of hydrogen-bond donors (Lipinski definition) is 0. The van der Waals surface area contributed by atoms with E-state index in [1.165, 1.54) is 14.2 Å². The molecule has 0 fully saturated rings. The summed E-state index contributed by atoms with van der Waals surface area (Å²) in [4.78, 5) is 10.7. The van der Waals surface area contributed by atoms with E-state index < -0.39 is 7.60 Å². The molecule has 0 spiro atoms. The maximum absolute atomic E-state index is 12.5. The number of aliphatic imine (C=N–C) groups is 1. The lowest BCUT2D eigenvalue weighted by atomic mass is 10.1. The van der Waals surface area contributed by atoms with E-state index in [4.69, 9.17) is 9.05 Å². The van der Waals surface area contributed by atoms with E-state index in [0.717, 1.165) is 11.3 Å². The highest BCUT2D eigenvalue weighted by molar-refractivity contribution is 7.58. The molecule has 0 bridgehead atoms. The van der Waals surface area contributed by atoms with E-state index in [-0.39, 0.29) is 0 Å². The van der Waals surface area contributed by atoms with Gasteiger partial charge in [0.25, 0.3) is 0 Å². The van der Waals surface area contributed by atoms with E-state index >= 15 is 0 Å². The second-order valence-electron chi connectivity index (χ2n) is 4.46. The zero-order chi connectivity index (χ0) is 14.8. The molecule has 1 aromatic heterocycles. The van der Waals surface area contributed by atoms with Crippen LogP contribution in [0.5, 0.6) is 0 Å². The SMILES string of the molecule is COP(=O)(OC)C1=CCc2ncccc2C(N(C)C)=N1. The number of allylic oxidation sites excluding steroid dienone is 1. The van der Waals surface area contributed by atoms with Crippen molar-refractivity contribution in [3.05, 3.63) is 41.1 Å². The van der Waals surface area contributed by atoms with E-state index in [1.807, 2.05) is 31.1 Å². The van der Waals surface area contributed by atoms with Gasteiger partial charge in [0, 0.05) is 46.5 Å². The first-order valence-corrected chi connectivity index (χ1v) is 7.68. The van der Waals surface area contributed by atoms with Crippen LogP contribution in [0.15, 0.2) is 34.8 Å². The van der Waals surface area contributed by atoms with Crippen molar-refractivity contribution in [3.63, 3.8) is 0 Å². The molecule has 0 aromatic carbocycles. The minimum atomic E-state index is -3.37. The maximum Gasteiger partial charge on any atom is 0.378 e. The van der Waals surface area contributed by atoms with Crippen LogP contribution in [-0.4, -0.2) is 44.0 Å². The standard InChI is InChI=1S/C13H18N3O3P/c1-16(2)13-10-6-5-9-14-11(10)7-8-12(15-13)20(17,18-3)19-4/h5-6,8-9H,7H2,1-4H3. The van der Waals surface area contributed by atoms with Crippen LogP contribution in [0, 0.1) is 0 Å². The van der Waals surface area contributed by atoms with Gasteiger partial charge in [0.1, 0.15) is 5.84 Å². The molecule has 6 nitrogen and oxygen atoms in total. The topological polar surface area (TPSA) is 64.0 Å². The Morgan fingerprint density at radius 2 is 2.00 bits per heavy atom. The number of rotatable bonds is 3. The van der Waals surface area contributed by atoms with Crippen molar-refractivity contribution in [3.8, 4) is 0 Å². The van der Waals surface area contributed by atoms with Crippen molar-refractivity contribution in [2.24, 2.45) is 4.99 Å². The van der Waals surface area contributed by atoms with Crippen molar-refractivity contribution in [2.75, 3.05) is 28.3 Å². The zero-order valence-corrected chi connectivity index (χ0v) is 12.9. The molecule has 0 saturated heterocycles. The summed E-state index contributed by atoms with van der Waals surface area (Å²) in [5, 5.41) is 0. The van der Waals surface area contributed by atoms with Crippen LogP contribution in [0.2, 0.25) is 0 Å². The number of nitrogens with zero attached hydrogens (tertiary/aromatic N) is 3. The smallest absolute Gasteiger partial charge is 0.362 e. The number of pyridine rings is 1. The summed E-state index contributed by atoms with van der Waals surface area (Å²) < 4.78 is 22.6. The predicted octanol–water partition coefficient (Wildman–Crippen LogP) is 2.27. The molecule has 1 aromatic rings. The minimum absolute atomic E-state index is 0.309. The van der Waals surface area contributed by atoms with Crippen LogP contribution < -0.4 is 0 Å². The van der Waals surface area contributed by atoms with Crippen LogP contribution in [0.3, 0.4) is 0 Å². The van der Waals surface area contributed by atoms with Crippen LogP contribution >= 0.6 is 7.60 Å². The summed E-state index contributed by atoms with van der Waals surface area (Å²) in [5.74, 6) is 0.686. The lowest BCUT2D eigenvalue weighted by Crippen LogP contribution is -2.24. The van der Waals surface area contributed by atoms with Crippen molar-refractivity contribution in [1.29, 1.82) is 0 Å². The van der Waals surface area contributed by atoms with Crippen LogP contribution in [0.1, 0.15) is 11.3 Å². The third kappa shape index (κ3) is 2.68. The minimum Gasteiger partial charge on any atom is -0.362 e. The summed E-state index contributed by atoms with van der Waals surface area (Å²) in [6.45, 7) is 0. The molecule has 0 aliphatic carbocycles. The van der Waals surface area contributed by atoms with Gasteiger partial charge in [0.15, 0.2) is 5.44 Å².